The number of hydrogen-bond acceptors (Lipinski definition) is 7. The van der Waals surface area contributed by atoms with E-state index in [1.165, 1.54) is 6.07 Å². The SMILES string of the molecule is CN(C)CCCNc1ccc(N)cc1S(=O)(=O)NCCS(=O)(=O)O. The molecule has 0 aliphatic rings. The van der Waals surface area contributed by atoms with E-state index in [2.05, 4.69) is 10.0 Å². The first-order valence-corrected chi connectivity index (χ1v) is 10.3. The van der Waals surface area contributed by atoms with Crippen LogP contribution in [0.15, 0.2) is 23.1 Å². The molecule has 9 nitrogen and oxygen atoms in total. The van der Waals surface area contributed by atoms with Crippen LogP contribution in [0.1, 0.15) is 6.42 Å². The molecule has 0 aliphatic carbocycles. The lowest BCUT2D eigenvalue weighted by Crippen LogP contribution is -2.29. The standard InChI is InChI=1S/C13H24N4O5S2/c1-17(2)8-3-6-15-12-5-4-11(14)10-13(12)24(21,22)16-7-9-23(18,19)20/h4-5,10,15-16H,3,6-9,14H2,1-2H3,(H,18,19,20). The highest BCUT2D eigenvalue weighted by Gasteiger charge is 2.19. The van der Waals surface area contributed by atoms with E-state index < -0.39 is 32.4 Å². The molecule has 0 bridgehead atoms. The Morgan fingerprint density at radius 2 is 1.83 bits per heavy atom. The summed E-state index contributed by atoms with van der Waals surface area (Å²) >= 11 is 0. The Hall–Kier alpha value is -1.40. The Balaban J connectivity index is 2.85. The van der Waals surface area contributed by atoms with E-state index in [1.807, 2.05) is 19.0 Å². The highest BCUT2D eigenvalue weighted by molar-refractivity contribution is 7.89. The third kappa shape index (κ3) is 7.45. The smallest absolute Gasteiger partial charge is 0.266 e. The molecule has 5 N–H and O–H groups in total. The summed E-state index contributed by atoms with van der Waals surface area (Å²) in [7, 11) is -4.33. The summed E-state index contributed by atoms with van der Waals surface area (Å²) in [6.45, 7) is 0.975. The number of nitrogen functional groups attached to an aromatic ring is 1. The van der Waals surface area contributed by atoms with Crippen molar-refractivity contribution in [1.29, 1.82) is 0 Å². The van der Waals surface area contributed by atoms with Crippen molar-refractivity contribution < 1.29 is 21.4 Å². The number of nitrogens with one attached hydrogen (secondary N) is 2. The molecular formula is C13H24N4O5S2. The van der Waals surface area contributed by atoms with E-state index in [9.17, 15) is 16.8 Å². The molecule has 0 saturated heterocycles. The van der Waals surface area contributed by atoms with Gasteiger partial charge in [-0.05, 0) is 45.3 Å². The van der Waals surface area contributed by atoms with Crippen LogP contribution in [0.25, 0.3) is 0 Å². The van der Waals surface area contributed by atoms with Crippen molar-refractivity contribution in [3.8, 4) is 0 Å². The number of anilines is 2. The molecule has 0 aliphatic heterocycles. The summed E-state index contributed by atoms with van der Waals surface area (Å²) in [6.07, 6.45) is 0.813. The van der Waals surface area contributed by atoms with Gasteiger partial charge in [-0.3, -0.25) is 4.55 Å². The molecule has 138 valence electrons. The second kappa shape index (κ2) is 8.62. The van der Waals surface area contributed by atoms with E-state index >= 15 is 0 Å². The molecule has 0 amide bonds. The van der Waals surface area contributed by atoms with Gasteiger partial charge in [-0.15, -0.1) is 0 Å². The molecule has 0 atom stereocenters. The molecule has 1 rings (SSSR count). The summed E-state index contributed by atoms with van der Waals surface area (Å²) in [5.74, 6) is -0.708. The first-order chi connectivity index (χ1) is 11.0. The summed E-state index contributed by atoms with van der Waals surface area (Å²) in [6, 6.07) is 4.43. The number of hydrogen-bond donors (Lipinski definition) is 4. The molecule has 0 aromatic heterocycles. The molecule has 1 aromatic carbocycles. The van der Waals surface area contributed by atoms with Crippen LogP contribution in [0.4, 0.5) is 11.4 Å². The summed E-state index contributed by atoms with van der Waals surface area (Å²) in [5.41, 5.74) is 6.30. The van der Waals surface area contributed by atoms with Gasteiger partial charge in [0.15, 0.2) is 0 Å². The fourth-order valence-corrected chi connectivity index (χ4v) is 3.64. The van der Waals surface area contributed by atoms with Crippen molar-refractivity contribution in [3.05, 3.63) is 18.2 Å². The Morgan fingerprint density at radius 3 is 2.42 bits per heavy atom. The van der Waals surface area contributed by atoms with Gasteiger partial charge in [0.25, 0.3) is 10.1 Å². The van der Waals surface area contributed by atoms with Crippen LogP contribution in [0.2, 0.25) is 0 Å². The highest BCUT2D eigenvalue weighted by Crippen LogP contribution is 2.23. The monoisotopic (exact) mass is 380 g/mol. The topological polar surface area (TPSA) is 142 Å². The first kappa shape index (κ1) is 20.6. The number of nitrogens with zero attached hydrogens (tertiary/aromatic N) is 1. The average Bonchev–Trinajstić information content (AvgIpc) is 2.42. The lowest BCUT2D eigenvalue weighted by atomic mass is 10.2. The van der Waals surface area contributed by atoms with Crippen molar-refractivity contribution in [2.24, 2.45) is 0 Å². The maximum atomic E-state index is 12.3. The molecule has 0 radical (unpaired) electrons. The van der Waals surface area contributed by atoms with Gasteiger partial charge in [0.05, 0.1) is 11.4 Å². The molecule has 0 spiro atoms. The Morgan fingerprint density at radius 1 is 1.17 bits per heavy atom. The second-order valence-electron chi connectivity index (χ2n) is 5.52. The maximum absolute atomic E-state index is 12.3. The zero-order valence-electron chi connectivity index (χ0n) is 13.7. The Kier molecular flexibility index (Phi) is 7.42. The van der Waals surface area contributed by atoms with Gasteiger partial charge in [-0.1, -0.05) is 0 Å². The molecule has 0 heterocycles. The first-order valence-electron chi connectivity index (χ1n) is 7.24. The average molecular weight is 380 g/mol. The number of benzene rings is 1. The molecule has 0 unspecified atom stereocenters. The van der Waals surface area contributed by atoms with Gasteiger partial charge < -0.3 is 16.0 Å². The maximum Gasteiger partial charge on any atom is 0.266 e. The van der Waals surface area contributed by atoms with Gasteiger partial charge in [0, 0.05) is 18.8 Å². The van der Waals surface area contributed by atoms with Crippen LogP contribution < -0.4 is 15.8 Å². The second-order valence-corrected chi connectivity index (χ2v) is 8.83. The van der Waals surface area contributed by atoms with E-state index in [1.54, 1.807) is 12.1 Å². The third-order valence-corrected chi connectivity index (χ3v) is 5.27. The van der Waals surface area contributed by atoms with Gasteiger partial charge in [0.1, 0.15) is 4.90 Å². The third-order valence-electron chi connectivity index (χ3n) is 3.04. The van der Waals surface area contributed by atoms with Crippen LogP contribution in [-0.4, -0.2) is 65.8 Å². The zero-order valence-corrected chi connectivity index (χ0v) is 15.3. The molecule has 11 heteroatoms. The number of rotatable bonds is 10. The minimum Gasteiger partial charge on any atom is -0.399 e. The molecular weight excluding hydrogens is 356 g/mol. The predicted molar refractivity (Wildman–Crippen MR) is 94.1 cm³/mol. The van der Waals surface area contributed by atoms with E-state index in [-0.39, 0.29) is 10.6 Å². The van der Waals surface area contributed by atoms with Gasteiger partial charge in [-0.2, -0.15) is 8.42 Å². The van der Waals surface area contributed by atoms with Crippen LogP contribution in [0, 0.1) is 0 Å². The van der Waals surface area contributed by atoms with Crippen LogP contribution in [0.3, 0.4) is 0 Å². The highest BCUT2D eigenvalue weighted by atomic mass is 32.2. The number of sulfonamides is 1. The van der Waals surface area contributed by atoms with Crippen molar-refractivity contribution in [2.45, 2.75) is 11.3 Å². The summed E-state index contributed by atoms with van der Waals surface area (Å²) in [5, 5.41) is 3.04. The molecule has 0 saturated carbocycles. The van der Waals surface area contributed by atoms with Gasteiger partial charge in [-0.25, -0.2) is 13.1 Å². The Labute approximate surface area is 143 Å². The zero-order chi connectivity index (χ0) is 18.4. The lowest BCUT2D eigenvalue weighted by Gasteiger charge is -2.15. The lowest BCUT2D eigenvalue weighted by molar-refractivity contribution is 0.405. The minimum atomic E-state index is -4.24. The van der Waals surface area contributed by atoms with E-state index in [0.717, 1.165) is 13.0 Å². The largest absolute Gasteiger partial charge is 0.399 e. The normalized spacial score (nSPS) is 12.5. The summed E-state index contributed by atoms with van der Waals surface area (Å²) < 4.78 is 56.9. The van der Waals surface area contributed by atoms with Crippen molar-refractivity contribution in [3.63, 3.8) is 0 Å². The molecule has 24 heavy (non-hydrogen) atoms. The fourth-order valence-electron chi connectivity index (χ4n) is 1.91. The van der Waals surface area contributed by atoms with Crippen LogP contribution >= 0.6 is 0 Å². The molecule has 0 fully saturated rings. The van der Waals surface area contributed by atoms with Crippen molar-refractivity contribution in [2.75, 3.05) is 50.5 Å². The van der Waals surface area contributed by atoms with Crippen LogP contribution in [0.5, 0.6) is 0 Å². The Bertz CT molecular complexity index is 748. The van der Waals surface area contributed by atoms with Crippen molar-refractivity contribution >= 4 is 31.5 Å². The summed E-state index contributed by atoms with van der Waals surface area (Å²) in [4.78, 5) is 1.95. The van der Waals surface area contributed by atoms with Gasteiger partial charge >= 0.3 is 0 Å². The molecule has 1 aromatic rings. The van der Waals surface area contributed by atoms with E-state index in [4.69, 9.17) is 10.3 Å². The fraction of sp³-hybridized carbons (Fsp3) is 0.538. The number of nitrogens with two attached hydrogens (primary N) is 1. The van der Waals surface area contributed by atoms with Crippen molar-refractivity contribution in [1.82, 2.24) is 9.62 Å². The quantitative estimate of drug-likeness (QED) is 0.248. The van der Waals surface area contributed by atoms with E-state index in [0.29, 0.717) is 12.2 Å². The van der Waals surface area contributed by atoms with Crippen LogP contribution in [-0.2, 0) is 20.1 Å². The van der Waals surface area contributed by atoms with Gasteiger partial charge in [0.2, 0.25) is 10.0 Å². The minimum absolute atomic E-state index is 0.0670. The predicted octanol–water partition coefficient (Wildman–Crippen LogP) is -0.201.